The summed E-state index contributed by atoms with van der Waals surface area (Å²) in [5.74, 6) is 0.173. The third kappa shape index (κ3) is 3.85. The largest absolute Gasteiger partial charge is 0.490 e. The van der Waals surface area contributed by atoms with Crippen LogP contribution >= 0.6 is 0 Å². The summed E-state index contributed by atoms with van der Waals surface area (Å²) < 4.78 is 18.2. The van der Waals surface area contributed by atoms with Crippen molar-refractivity contribution < 1.29 is 14.2 Å². The van der Waals surface area contributed by atoms with Crippen molar-refractivity contribution >= 4 is 0 Å². The molecule has 0 unspecified atom stereocenters. The highest BCUT2D eigenvalue weighted by Gasteiger charge is 2.14. The van der Waals surface area contributed by atoms with E-state index in [1.54, 1.807) is 13.8 Å². The van der Waals surface area contributed by atoms with Crippen molar-refractivity contribution in [3.63, 3.8) is 0 Å². The van der Waals surface area contributed by atoms with E-state index in [1.165, 1.54) is 18.2 Å². The number of rotatable bonds is 4. The van der Waals surface area contributed by atoms with Crippen LogP contribution < -0.4 is 10.5 Å². The molecule has 0 amide bonds. The minimum absolute atomic E-state index is 0.144. The molecule has 84 valence electrons. The zero-order chi connectivity index (χ0) is 11.5. The van der Waals surface area contributed by atoms with E-state index in [2.05, 4.69) is 0 Å². The van der Waals surface area contributed by atoms with Crippen LogP contribution in [-0.2, 0) is 6.54 Å². The van der Waals surface area contributed by atoms with Crippen LogP contribution in [0.25, 0.3) is 0 Å². The number of benzene rings is 1. The van der Waals surface area contributed by atoms with Crippen molar-refractivity contribution in [2.75, 3.05) is 6.61 Å². The number of hydrogen-bond acceptors (Lipinski definition) is 3. The van der Waals surface area contributed by atoms with Gasteiger partial charge in [-0.05, 0) is 32.0 Å². The first-order valence-corrected chi connectivity index (χ1v) is 4.76. The maximum Gasteiger partial charge on any atom is 0.124 e. The highest BCUT2D eigenvalue weighted by atomic mass is 19.1. The van der Waals surface area contributed by atoms with E-state index in [4.69, 9.17) is 10.5 Å². The molecule has 15 heavy (non-hydrogen) atoms. The van der Waals surface area contributed by atoms with Gasteiger partial charge in [-0.15, -0.1) is 0 Å². The van der Waals surface area contributed by atoms with Crippen LogP contribution in [0, 0.1) is 5.82 Å². The molecule has 1 rings (SSSR count). The normalized spacial score (nSPS) is 11.5. The standard InChI is InChI=1S/C11H16FNO2/c1-11(2,14)7-15-10-4-3-9(12)5-8(10)6-13/h3-5,14H,6-7,13H2,1-2H3. The average Bonchev–Trinajstić information content (AvgIpc) is 2.14. The summed E-state index contributed by atoms with van der Waals surface area (Å²) in [5, 5.41) is 9.47. The third-order valence-corrected chi connectivity index (χ3v) is 1.82. The second kappa shape index (κ2) is 4.59. The molecule has 0 bridgehead atoms. The minimum atomic E-state index is -0.916. The monoisotopic (exact) mass is 213 g/mol. The fourth-order valence-electron chi connectivity index (χ4n) is 1.10. The summed E-state index contributed by atoms with van der Waals surface area (Å²) in [6, 6.07) is 4.15. The zero-order valence-electron chi connectivity index (χ0n) is 8.96. The molecule has 0 saturated carbocycles. The zero-order valence-corrected chi connectivity index (χ0v) is 8.96. The lowest BCUT2D eigenvalue weighted by Crippen LogP contribution is -2.28. The topological polar surface area (TPSA) is 55.5 Å². The predicted octanol–water partition coefficient (Wildman–Crippen LogP) is 1.43. The smallest absolute Gasteiger partial charge is 0.124 e. The molecule has 3 nitrogen and oxygen atoms in total. The third-order valence-electron chi connectivity index (χ3n) is 1.82. The molecule has 0 aliphatic heterocycles. The Morgan fingerprint density at radius 3 is 2.67 bits per heavy atom. The number of nitrogens with two attached hydrogens (primary N) is 1. The van der Waals surface area contributed by atoms with E-state index in [1.807, 2.05) is 0 Å². The first-order chi connectivity index (χ1) is 6.92. The highest BCUT2D eigenvalue weighted by Crippen LogP contribution is 2.20. The molecular formula is C11H16FNO2. The van der Waals surface area contributed by atoms with Gasteiger partial charge in [-0.3, -0.25) is 0 Å². The van der Waals surface area contributed by atoms with E-state index in [0.717, 1.165) is 0 Å². The van der Waals surface area contributed by atoms with Gasteiger partial charge in [0.15, 0.2) is 0 Å². The Morgan fingerprint density at radius 2 is 2.13 bits per heavy atom. The van der Waals surface area contributed by atoms with Gasteiger partial charge < -0.3 is 15.6 Å². The van der Waals surface area contributed by atoms with Crippen LogP contribution in [0.15, 0.2) is 18.2 Å². The van der Waals surface area contributed by atoms with Crippen molar-refractivity contribution in [3.05, 3.63) is 29.6 Å². The van der Waals surface area contributed by atoms with E-state index in [0.29, 0.717) is 11.3 Å². The van der Waals surface area contributed by atoms with E-state index in [9.17, 15) is 9.50 Å². The molecule has 0 radical (unpaired) electrons. The van der Waals surface area contributed by atoms with Gasteiger partial charge in [0, 0.05) is 12.1 Å². The SMILES string of the molecule is CC(C)(O)COc1ccc(F)cc1CN. The van der Waals surface area contributed by atoms with Crippen LogP contribution in [0.5, 0.6) is 5.75 Å². The Kier molecular flexibility index (Phi) is 3.66. The first kappa shape index (κ1) is 11.9. The number of ether oxygens (including phenoxy) is 1. The Hall–Kier alpha value is -1.13. The fraction of sp³-hybridized carbons (Fsp3) is 0.455. The second-order valence-corrected chi connectivity index (χ2v) is 4.06. The first-order valence-electron chi connectivity index (χ1n) is 4.76. The van der Waals surface area contributed by atoms with Crippen LogP contribution in [0.1, 0.15) is 19.4 Å². The van der Waals surface area contributed by atoms with Crippen molar-refractivity contribution in [2.45, 2.75) is 26.0 Å². The molecular weight excluding hydrogens is 197 g/mol. The van der Waals surface area contributed by atoms with Crippen molar-refractivity contribution in [3.8, 4) is 5.75 Å². The molecule has 1 aromatic rings. The van der Waals surface area contributed by atoms with Gasteiger partial charge in [-0.2, -0.15) is 0 Å². The van der Waals surface area contributed by atoms with Gasteiger partial charge in [0.2, 0.25) is 0 Å². The molecule has 0 heterocycles. The lowest BCUT2D eigenvalue weighted by atomic mass is 10.1. The summed E-state index contributed by atoms with van der Waals surface area (Å²) >= 11 is 0. The van der Waals surface area contributed by atoms with Crippen molar-refractivity contribution in [1.29, 1.82) is 0 Å². The lowest BCUT2D eigenvalue weighted by molar-refractivity contribution is 0.0281. The van der Waals surface area contributed by atoms with Gasteiger partial charge >= 0.3 is 0 Å². The van der Waals surface area contributed by atoms with Crippen LogP contribution in [-0.4, -0.2) is 17.3 Å². The number of aliphatic hydroxyl groups is 1. The quantitative estimate of drug-likeness (QED) is 0.795. The van der Waals surface area contributed by atoms with Crippen LogP contribution in [0.4, 0.5) is 4.39 Å². The molecule has 0 fully saturated rings. The molecule has 0 aliphatic carbocycles. The molecule has 0 atom stereocenters. The highest BCUT2D eigenvalue weighted by molar-refractivity contribution is 5.33. The van der Waals surface area contributed by atoms with Crippen LogP contribution in [0.3, 0.4) is 0 Å². The lowest BCUT2D eigenvalue weighted by Gasteiger charge is -2.19. The van der Waals surface area contributed by atoms with Gasteiger partial charge in [-0.25, -0.2) is 4.39 Å². The summed E-state index contributed by atoms with van der Waals surface area (Å²) in [6.45, 7) is 3.63. The summed E-state index contributed by atoms with van der Waals surface area (Å²) in [6.07, 6.45) is 0. The summed E-state index contributed by atoms with van der Waals surface area (Å²) in [4.78, 5) is 0. The van der Waals surface area contributed by atoms with Crippen LogP contribution in [0.2, 0.25) is 0 Å². The van der Waals surface area contributed by atoms with Gasteiger partial charge in [0.25, 0.3) is 0 Å². The number of hydrogen-bond donors (Lipinski definition) is 2. The predicted molar refractivity (Wildman–Crippen MR) is 56.1 cm³/mol. The second-order valence-electron chi connectivity index (χ2n) is 4.06. The number of halogens is 1. The van der Waals surface area contributed by atoms with E-state index in [-0.39, 0.29) is 19.0 Å². The Labute approximate surface area is 88.7 Å². The molecule has 0 aliphatic rings. The van der Waals surface area contributed by atoms with Crippen molar-refractivity contribution in [2.24, 2.45) is 5.73 Å². The van der Waals surface area contributed by atoms with Gasteiger partial charge in [0.05, 0.1) is 5.60 Å². The maximum atomic E-state index is 12.8. The molecule has 1 aromatic carbocycles. The molecule has 4 heteroatoms. The van der Waals surface area contributed by atoms with Gasteiger partial charge in [0.1, 0.15) is 18.2 Å². The summed E-state index contributed by atoms with van der Waals surface area (Å²) in [5.41, 5.74) is 5.13. The minimum Gasteiger partial charge on any atom is -0.490 e. The Bertz CT molecular complexity index is 334. The fourth-order valence-corrected chi connectivity index (χ4v) is 1.10. The van der Waals surface area contributed by atoms with E-state index >= 15 is 0 Å². The van der Waals surface area contributed by atoms with Crippen molar-refractivity contribution in [1.82, 2.24) is 0 Å². The van der Waals surface area contributed by atoms with Gasteiger partial charge in [-0.1, -0.05) is 0 Å². The molecule has 3 N–H and O–H groups in total. The summed E-state index contributed by atoms with van der Waals surface area (Å²) in [7, 11) is 0. The maximum absolute atomic E-state index is 12.8. The van der Waals surface area contributed by atoms with E-state index < -0.39 is 5.60 Å². The Morgan fingerprint density at radius 1 is 1.47 bits per heavy atom. The Balaban J connectivity index is 2.76. The molecule has 0 saturated heterocycles. The molecule has 0 aromatic heterocycles. The molecule has 0 spiro atoms. The average molecular weight is 213 g/mol.